The van der Waals surface area contributed by atoms with Gasteiger partial charge >= 0.3 is 0 Å². The van der Waals surface area contributed by atoms with E-state index in [0.717, 1.165) is 31.2 Å². The zero-order valence-electron chi connectivity index (χ0n) is 12.9. The Morgan fingerprint density at radius 2 is 2.14 bits per heavy atom. The van der Waals surface area contributed by atoms with E-state index < -0.39 is 10.0 Å². The van der Waals surface area contributed by atoms with Crippen molar-refractivity contribution in [1.82, 2.24) is 10.6 Å². The summed E-state index contributed by atoms with van der Waals surface area (Å²) in [6.07, 6.45) is 3.69. The van der Waals surface area contributed by atoms with Gasteiger partial charge in [-0.2, -0.15) is 0 Å². The SMILES string of the molecule is CC(NC(=O)CC1CCCN1)c1ccccc1NS(C)(=O)=O. The average molecular weight is 325 g/mol. The summed E-state index contributed by atoms with van der Waals surface area (Å²) in [5.41, 5.74) is 1.25. The molecule has 0 saturated carbocycles. The summed E-state index contributed by atoms with van der Waals surface area (Å²) >= 11 is 0. The molecule has 122 valence electrons. The summed E-state index contributed by atoms with van der Waals surface area (Å²) in [7, 11) is -3.35. The van der Waals surface area contributed by atoms with E-state index >= 15 is 0 Å². The van der Waals surface area contributed by atoms with Gasteiger partial charge in [0.1, 0.15) is 0 Å². The van der Waals surface area contributed by atoms with Gasteiger partial charge in [-0.25, -0.2) is 8.42 Å². The second kappa shape index (κ2) is 7.11. The van der Waals surface area contributed by atoms with Crippen LogP contribution in [-0.4, -0.2) is 33.2 Å². The normalized spacial score (nSPS) is 19.6. The Kier molecular flexibility index (Phi) is 5.42. The Morgan fingerprint density at radius 1 is 1.41 bits per heavy atom. The number of rotatable bonds is 6. The van der Waals surface area contributed by atoms with E-state index in [-0.39, 0.29) is 18.0 Å². The first-order valence-electron chi connectivity index (χ1n) is 7.44. The van der Waals surface area contributed by atoms with Crippen molar-refractivity contribution in [3.63, 3.8) is 0 Å². The zero-order chi connectivity index (χ0) is 16.2. The fraction of sp³-hybridized carbons (Fsp3) is 0.533. The van der Waals surface area contributed by atoms with Crippen LogP contribution >= 0.6 is 0 Å². The number of carbonyl (C=O) groups is 1. The molecule has 3 N–H and O–H groups in total. The summed E-state index contributed by atoms with van der Waals surface area (Å²) in [5, 5.41) is 6.23. The summed E-state index contributed by atoms with van der Waals surface area (Å²) < 4.78 is 25.3. The topological polar surface area (TPSA) is 87.3 Å². The molecule has 1 aliphatic rings. The lowest BCUT2D eigenvalue weighted by Gasteiger charge is -2.19. The largest absolute Gasteiger partial charge is 0.349 e. The first-order chi connectivity index (χ1) is 10.3. The molecular formula is C15H23N3O3S. The van der Waals surface area contributed by atoms with Crippen LogP contribution in [-0.2, 0) is 14.8 Å². The number of nitrogens with one attached hydrogen (secondary N) is 3. The van der Waals surface area contributed by atoms with Gasteiger partial charge in [-0.1, -0.05) is 18.2 Å². The number of amides is 1. The molecule has 1 heterocycles. The summed E-state index contributed by atoms with van der Waals surface area (Å²) in [6, 6.07) is 7.07. The second-order valence-corrected chi connectivity index (χ2v) is 7.50. The highest BCUT2D eigenvalue weighted by Gasteiger charge is 2.20. The van der Waals surface area contributed by atoms with Gasteiger partial charge in [0.2, 0.25) is 15.9 Å². The Balaban J connectivity index is 2.02. The maximum atomic E-state index is 12.1. The quantitative estimate of drug-likeness (QED) is 0.737. The Bertz CT molecular complexity index is 625. The van der Waals surface area contributed by atoms with Crippen LogP contribution in [0.5, 0.6) is 0 Å². The number of hydrogen-bond donors (Lipinski definition) is 3. The monoisotopic (exact) mass is 325 g/mol. The van der Waals surface area contributed by atoms with Crippen LogP contribution < -0.4 is 15.4 Å². The molecule has 7 heteroatoms. The third-order valence-corrected chi connectivity index (χ3v) is 4.29. The molecule has 1 fully saturated rings. The fourth-order valence-corrected chi connectivity index (χ4v) is 3.29. The molecule has 2 rings (SSSR count). The summed E-state index contributed by atoms with van der Waals surface area (Å²) in [5.74, 6) is -0.0268. The molecule has 1 saturated heterocycles. The molecule has 22 heavy (non-hydrogen) atoms. The van der Waals surface area contributed by atoms with E-state index in [1.165, 1.54) is 0 Å². The van der Waals surface area contributed by atoms with Crippen molar-refractivity contribution >= 4 is 21.6 Å². The predicted molar refractivity (Wildman–Crippen MR) is 87.1 cm³/mol. The molecule has 0 bridgehead atoms. The third kappa shape index (κ3) is 4.99. The second-order valence-electron chi connectivity index (χ2n) is 5.75. The van der Waals surface area contributed by atoms with Gasteiger partial charge < -0.3 is 10.6 Å². The molecule has 0 spiro atoms. The van der Waals surface area contributed by atoms with Crippen LogP contribution in [0.15, 0.2) is 24.3 Å². The third-order valence-electron chi connectivity index (χ3n) is 3.69. The van der Waals surface area contributed by atoms with Crippen LogP contribution in [0.25, 0.3) is 0 Å². The number of para-hydroxylation sites is 1. The Hall–Kier alpha value is -1.60. The molecule has 1 aromatic rings. The minimum Gasteiger partial charge on any atom is -0.349 e. The van der Waals surface area contributed by atoms with Gasteiger partial charge in [0.25, 0.3) is 0 Å². The highest BCUT2D eigenvalue weighted by molar-refractivity contribution is 7.92. The molecule has 6 nitrogen and oxygen atoms in total. The minimum absolute atomic E-state index is 0.0268. The van der Waals surface area contributed by atoms with Crippen LogP contribution in [0.1, 0.15) is 37.8 Å². The average Bonchev–Trinajstić information content (AvgIpc) is 2.90. The molecule has 1 aliphatic heterocycles. The van der Waals surface area contributed by atoms with Gasteiger partial charge in [0.15, 0.2) is 0 Å². The predicted octanol–water partition coefficient (Wildman–Crippen LogP) is 1.38. The van der Waals surface area contributed by atoms with Gasteiger partial charge in [0, 0.05) is 12.5 Å². The number of sulfonamides is 1. The van der Waals surface area contributed by atoms with Crippen molar-refractivity contribution in [2.24, 2.45) is 0 Å². The molecule has 0 radical (unpaired) electrons. The van der Waals surface area contributed by atoms with Crippen LogP contribution in [0.4, 0.5) is 5.69 Å². The van der Waals surface area contributed by atoms with Crippen molar-refractivity contribution in [3.05, 3.63) is 29.8 Å². The standard InChI is InChI=1S/C15H23N3O3S/c1-11(17-15(19)10-12-6-5-9-16-12)13-7-3-4-8-14(13)18-22(2,20)21/h3-4,7-8,11-12,16,18H,5-6,9-10H2,1-2H3,(H,17,19). The zero-order valence-corrected chi connectivity index (χ0v) is 13.7. The summed E-state index contributed by atoms with van der Waals surface area (Å²) in [4.78, 5) is 12.1. The van der Waals surface area contributed by atoms with Gasteiger partial charge in [-0.05, 0) is 37.9 Å². The van der Waals surface area contributed by atoms with Crippen molar-refractivity contribution < 1.29 is 13.2 Å². The lowest BCUT2D eigenvalue weighted by molar-refractivity contribution is -0.122. The number of anilines is 1. The number of benzene rings is 1. The van der Waals surface area contributed by atoms with Crippen LogP contribution in [0, 0.1) is 0 Å². The summed E-state index contributed by atoms with van der Waals surface area (Å²) in [6.45, 7) is 2.82. The highest BCUT2D eigenvalue weighted by Crippen LogP contribution is 2.23. The van der Waals surface area contributed by atoms with E-state index in [0.29, 0.717) is 12.1 Å². The molecule has 2 unspecified atom stereocenters. The van der Waals surface area contributed by atoms with Crippen LogP contribution in [0.2, 0.25) is 0 Å². The van der Waals surface area contributed by atoms with Gasteiger partial charge in [0.05, 0.1) is 18.0 Å². The lowest BCUT2D eigenvalue weighted by atomic mass is 10.1. The van der Waals surface area contributed by atoms with Gasteiger partial charge in [-0.15, -0.1) is 0 Å². The van der Waals surface area contributed by atoms with Crippen molar-refractivity contribution in [2.45, 2.75) is 38.3 Å². The fourth-order valence-electron chi connectivity index (χ4n) is 2.70. The Labute approximate surface area is 131 Å². The smallest absolute Gasteiger partial charge is 0.229 e. The first-order valence-corrected chi connectivity index (χ1v) is 9.34. The lowest BCUT2D eigenvalue weighted by Crippen LogP contribution is -2.33. The van der Waals surface area contributed by atoms with E-state index in [2.05, 4.69) is 15.4 Å². The molecule has 1 aromatic carbocycles. The van der Waals surface area contributed by atoms with E-state index in [1.54, 1.807) is 12.1 Å². The molecule has 0 aliphatic carbocycles. The number of carbonyl (C=O) groups excluding carboxylic acids is 1. The Morgan fingerprint density at radius 3 is 2.77 bits per heavy atom. The van der Waals surface area contributed by atoms with Crippen LogP contribution in [0.3, 0.4) is 0 Å². The van der Waals surface area contributed by atoms with E-state index in [9.17, 15) is 13.2 Å². The molecule has 0 aromatic heterocycles. The minimum atomic E-state index is -3.35. The maximum Gasteiger partial charge on any atom is 0.229 e. The number of hydrogen-bond acceptors (Lipinski definition) is 4. The van der Waals surface area contributed by atoms with Crippen molar-refractivity contribution in [1.29, 1.82) is 0 Å². The van der Waals surface area contributed by atoms with Crippen molar-refractivity contribution in [3.8, 4) is 0 Å². The van der Waals surface area contributed by atoms with Crippen molar-refractivity contribution in [2.75, 3.05) is 17.5 Å². The molecule has 2 atom stereocenters. The first kappa shape index (κ1) is 16.8. The molecular weight excluding hydrogens is 302 g/mol. The van der Waals surface area contributed by atoms with E-state index in [1.807, 2.05) is 19.1 Å². The van der Waals surface area contributed by atoms with E-state index in [4.69, 9.17) is 0 Å². The highest BCUT2D eigenvalue weighted by atomic mass is 32.2. The van der Waals surface area contributed by atoms with Gasteiger partial charge in [-0.3, -0.25) is 9.52 Å². The maximum absolute atomic E-state index is 12.1. The molecule has 1 amide bonds.